The summed E-state index contributed by atoms with van der Waals surface area (Å²) in [7, 11) is 1.31. The molecule has 0 saturated carbocycles. The van der Waals surface area contributed by atoms with Crippen molar-refractivity contribution in [3.8, 4) is 5.75 Å². The summed E-state index contributed by atoms with van der Waals surface area (Å²) in [6.45, 7) is 13.3. The number of rotatable bonds is 4. The Morgan fingerprint density at radius 1 is 1.05 bits per heavy atom. The van der Waals surface area contributed by atoms with Crippen LogP contribution in [0.25, 0.3) is 0 Å². The zero-order valence-corrected chi connectivity index (χ0v) is 17.6. The van der Waals surface area contributed by atoms with Crippen LogP contribution in [0.15, 0.2) is 23.1 Å². The maximum Gasteiger partial charge on any atom is 0.0752 e. The molecule has 111 valence electrons. The third-order valence-corrected chi connectivity index (χ3v) is 6.59. The number of hydrogen-bond acceptors (Lipinski definition) is 2. The Balaban J connectivity index is 0.00000324. The topological polar surface area (TPSA) is 9.23 Å². The fourth-order valence-corrected chi connectivity index (χ4v) is 3.82. The second-order valence-electron chi connectivity index (χ2n) is 6.29. The number of hydrogen-bond donors (Lipinski definition) is 0. The SMILES string of the molecule is CC(C)(C)POc1[c-]c(SPC(C)(C)C)ccc1.[Ir]. The average molecular weight is 494 g/mol. The zero-order valence-electron chi connectivity index (χ0n) is 12.4. The van der Waals surface area contributed by atoms with Gasteiger partial charge in [0.2, 0.25) is 0 Å². The van der Waals surface area contributed by atoms with Crippen LogP contribution in [-0.2, 0) is 20.1 Å². The van der Waals surface area contributed by atoms with E-state index in [4.69, 9.17) is 4.52 Å². The molecule has 2 atom stereocenters. The first kappa shape index (κ1) is 19.9. The van der Waals surface area contributed by atoms with E-state index in [0.717, 1.165) is 13.5 Å². The van der Waals surface area contributed by atoms with Gasteiger partial charge in [-0.1, -0.05) is 54.2 Å². The van der Waals surface area contributed by atoms with Gasteiger partial charge in [-0.15, -0.1) is 23.5 Å². The second kappa shape index (κ2) is 8.35. The molecule has 0 fully saturated rings. The van der Waals surface area contributed by atoms with E-state index in [2.05, 4.69) is 59.7 Å². The Bertz CT molecular complexity index is 353. The molecule has 0 aromatic heterocycles. The van der Waals surface area contributed by atoms with Crippen molar-refractivity contribution in [3.05, 3.63) is 24.3 Å². The Kier molecular flexibility index (Phi) is 8.74. The fourth-order valence-electron chi connectivity index (χ4n) is 0.963. The molecule has 0 N–H and O–H groups in total. The molecule has 0 aliphatic carbocycles. The van der Waals surface area contributed by atoms with Gasteiger partial charge in [0.15, 0.2) is 0 Å². The van der Waals surface area contributed by atoms with E-state index in [-0.39, 0.29) is 25.3 Å². The molecule has 5 heteroatoms. The molecular formula is C14H23IrOP2S-. The van der Waals surface area contributed by atoms with Crippen molar-refractivity contribution >= 4 is 28.0 Å². The van der Waals surface area contributed by atoms with Gasteiger partial charge >= 0.3 is 0 Å². The van der Waals surface area contributed by atoms with Crippen molar-refractivity contribution in [2.24, 2.45) is 0 Å². The predicted octanol–water partition coefficient (Wildman–Crippen LogP) is 5.74. The molecule has 1 nitrogen and oxygen atoms in total. The normalized spacial score (nSPS) is 13.2. The van der Waals surface area contributed by atoms with Crippen molar-refractivity contribution in [1.82, 2.24) is 0 Å². The molecule has 0 aliphatic heterocycles. The van der Waals surface area contributed by atoms with Crippen LogP contribution in [-0.4, -0.2) is 10.3 Å². The average Bonchev–Trinajstić information content (AvgIpc) is 2.22. The van der Waals surface area contributed by atoms with Crippen LogP contribution in [0.3, 0.4) is 0 Å². The van der Waals surface area contributed by atoms with Gasteiger partial charge in [-0.2, -0.15) is 12.1 Å². The summed E-state index contributed by atoms with van der Waals surface area (Å²) in [6.07, 6.45) is 0. The van der Waals surface area contributed by atoms with Crippen LogP contribution < -0.4 is 4.52 Å². The van der Waals surface area contributed by atoms with E-state index in [1.54, 1.807) is 0 Å². The first-order valence-corrected chi connectivity index (χ1v) is 9.51. The van der Waals surface area contributed by atoms with Crippen LogP contribution in [0.2, 0.25) is 0 Å². The fraction of sp³-hybridized carbons (Fsp3) is 0.571. The molecule has 1 aromatic rings. The summed E-state index contributed by atoms with van der Waals surface area (Å²) in [5.41, 5.74) is 0. The molecule has 0 heterocycles. The molecule has 1 radical (unpaired) electrons. The maximum atomic E-state index is 5.81. The van der Waals surface area contributed by atoms with E-state index in [0.29, 0.717) is 14.0 Å². The van der Waals surface area contributed by atoms with Crippen LogP contribution in [0.1, 0.15) is 41.5 Å². The van der Waals surface area contributed by atoms with Gasteiger partial charge in [0.1, 0.15) is 0 Å². The van der Waals surface area contributed by atoms with Gasteiger partial charge in [0, 0.05) is 31.0 Å². The minimum absolute atomic E-state index is 0. The molecule has 0 saturated heterocycles. The monoisotopic (exact) mass is 494 g/mol. The Labute approximate surface area is 139 Å². The van der Waals surface area contributed by atoms with Crippen molar-refractivity contribution in [2.75, 3.05) is 0 Å². The van der Waals surface area contributed by atoms with Crippen LogP contribution >= 0.6 is 28.0 Å². The standard InChI is InChI=1S/C14H23OP2S.Ir/c1-13(2,3)16-15-11-8-7-9-12(10-11)18-17-14(4,5)6;/h7-9,16-17H,1-6H3;/q-1;. The Morgan fingerprint density at radius 3 is 2.21 bits per heavy atom. The van der Waals surface area contributed by atoms with E-state index >= 15 is 0 Å². The van der Waals surface area contributed by atoms with Gasteiger partial charge in [0.25, 0.3) is 0 Å². The van der Waals surface area contributed by atoms with E-state index < -0.39 is 0 Å². The van der Waals surface area contributed by atoms with E-state index in [1.165, 1.54) is 4.90 Å². The van der Waals surface area contributed by atoms with Crippen molar-refractivity contribution in [2.45, 2.75) is 56.8 Å². The first-order chi connectivity index (χ1) is 8.16. The third-order valence-electron chi connectivity index (χ3n) is 1.68. The molecule has 2 unspecified atom stereocenters. The van der Waals surface area contributed by atoms with Gasteiger partial charge in [-0.05, 0) is 5.16 Å². The summed E-state index contributed by atoms with van der Waals surface area (Å²) >= 11 is 1.87. The molecule has 1 aromatic carbocycles. The summed E-state index contributed by atoms with van der Waals surface area (Å²) in [5, 5.41) is 0.576. The molecular weight excluding hydrogens is 470 g/mol. The maximum absolute atomic E-state index is 5.81. The Hall–Kier alpha value is 0.879. The quantitative estimate of drug-likeness (QED) is 0.391. The molecule has 0 bridgehead atoms. The van der Waals surface area contributed by atoms with Crippen molar-refractivity contribution < 1.29 is 24.6 Å². The predicted molar refractivity (Wildman–Crippen MR) is 87.9 cm³/mol. The van der Waals surface area contributed by atoms with Crippen molar-refractivity contribution in [1.29, 1.82) is 0 Å². The minimum atomic E-state index is 0. The summed E-state index contributed by atoms with van der Waals surface area (Å²) in [5.74, 6) is 0.868. The first-order valence-electron chi connectivity index (χ1n) is 6.06. The number of benzene rings is 1. The summed E-state index contributed by atoms with van der Waals surface area (Å²) < 4.78 is 5.81. The molecule has 0 aliphatic rings. The van der Waals surface area contributed by atoms with Gasteiger partial charge in [-0.3, -0.25) is 0 Å². The van der Waals surface area contributed by atoms with E-state index in [1.807, 2.05) is 17.4 Å². The molecule has 0 amide bonds. The zero-order chi connectivity index (χ0) is 13.8. The van der Waals surface area contributed by atoms with Crippen LogP contribution in [0.4, 0.5) is 0 Å². The molecule has 19 heavy (non-hydrogen) atoms. The Morgan fingerprint density at radius 2 is 1.68 bits per heavy atom. The van der Waals surface area contributed by atoms with Crippen molar-refractivity contribution in [3.63, 3.8) is 0 Å². The van der Waals surface area contributed by atoms with Gasteiger partial charge in [-0.25, -0.2) is 0 Å². The smallest absolute Gasteiger partial charge is 0.0752 e. The third kappa shape index (κ3) is 10.3. The van der Waals surface area contributed by atoms with Crippen LogP contribution in [0, 0.1) is 6.07 Å². The minimum Gasteiger partial charge on any atom is -0.502 e. The van der Waals surface area contributed by atoms with Gasteiger partial charge in [0.05, 0.1) is 8.81 Å². The van der Waals surface area contributed by atoms with Crippen LogP contribution in [0.5, 0.6) is 5.75 Å². The van der Waals surface area contributed by atoms with Gasteiger partial charge < -0.3 is 4.52 Å². The summed E-state index contributed by atoms with van der Waals surface area (Å²) in [6, 6.07) is 9.49. The largest absolute Gasteiger partial charge is 0.502 e. The summed E-state index contributed by atoms with van der Waals surface area (Å²) in [4.78, 5) is 1.18. The second-order valence-corrected chi connectivity index (χ2v) is 11.8. The van der Waals surface area contributed by atoms with E-state index in [9.17, 15) is 0 Å². The molecule has 1 rings (SSSR count). The molecule has 0 spiro atoms.